The Morgan fingerprint density at radius 3 is 2.46 bits per heavy atom. The molecule has 1 fully saturated rings. The minimum atomic E-state index is 0.0463. The molecule has 150 valence electrons. The van der Waals surface area contributed by atoms with Crippen LogP contribution < -0.4 is 10.2 Å². The molecule has 2 aromatic rings. The Morgan fingerprint density at radius 1 is 1.11 bits per heavy atom. The second kappa shape index (κ2) is 10.6. The summed E-state index contributed by atoms with van der Waals surface area (Å²) < 4.78 is 5.13. The number of alkyl halides is 1. The van der Waals surface area contributed by atoms with Crippen molar-refractivity contribution in [2.75, 3.05) is 25.2 Å². The number of methoxy groups -OCH3 is 1. The number of ether oxygens (including phenoxy) is 1. The maximum atomic E-state index is 13.0. The second-order valence-electron chi connectivity index (χ2n) is 7.27. The van der Waals surface area contributed by atoms with Crippen molar-refractivity contribution in [3.8, 4) is 0 Å². The molecule has 0 saturated heterocycles. The molecule has 3 rings (SSSR count). The predicted molar refractivity (Wildman–Crippen MR) is 115 cm³/mol. The molecular weight excluding hydrogens is 372 g/mol. The zero-order valence-electron chi connectivity index (χ0n) is 16.4. The fourth-order valence-electron chi connectivity index (χ4n) is 3.93. The second-order valence-corrected chi connectivity index (χ2v) is 7.89. The van der Waals surface area contributed by atoms with Gasteiger partial charge in [-0.1, -0.05) is 48.5 Å². The molecule has 1 aliphatic carbocycles. The van der Waals surface area contributed by atoms with E-state index in [-0.39, 0.29) is 23.4 Å². The smallest absolute Gasteiger partial charge is 0.229 e. The highest BCUT2D eigenvalue weighted by atomic mass is 35.5. The van der Waals surface area contributed by atoms with Crippen molar-refractivity contribution >= 4 is 23.2 Å². The molecule has 1 saturated carbocycles. The van der Waals surface area contributed by atoms with Crippen LogP contribution in [0.4, 0.5) is 5.69 Å². The number of hydrogen-bond donors (Lipinski definition) is 1. The summed E-state index contributed by atoms with van der Waals surface area (Å²) in [5.74, 6) is 0.0821. The van der Waals surface area contributed by atoms with Crippen LogP contribution in [-0.4, -0.2) is 43.6 Å². The summed E-state index contributed by atoms with van der Waals surface area (Å²) in [6.45, 7) is 1.29. The molecule has 5 heteroatoms. The first-order valence-electron chi connectivity index (χ1n) is 9.96. The zero-order chi connectivity index (χ0) is 19.8. The fourth-order valence-corrected chi connectivity index (χ4v) is 4.30. The van der Waals surface area contributed by atoms with Crippen molar-refractivity contribution in [2.45, 2.75) is 43.1 Å². The van der Waals surface area contributed by atoms with E-state index in [9.17, 15) is 4.79 Å². The summed E-state index contributed by atoms with van der Waals surface area (Å²) in [7, 11) is 1.62. The number of anilines is 1. The lowest BCUT2D eigenvalue weighted by Gasteiger charge is -2.34. The lowest BCUT2D eigenvalue weighted by Crippen LogP contribution is -2.50. The van der Waals surface area contributed by atoms with E-state index in [1.165, 1.54) is 5.56 Å². The van der Waals surface area contributed by atoms with Gasteiger partial charge in [0, 0.05) is 24.2 Å². The van der Waals surface area contributed by atoms with E-state index in [0.717, 1.165) is 31.5 Å². The van der Waals surface area contributed by atoms with Crippen molar-refractivity contribution in [3.63, 3.8) is 0 Å². The van der Waals surface area contributed by atoms with Crippen LogP contribution in [-0.2, 0) is 16.0 Å². The first-order valence-corrected chi connectivity index (χ1v) is 10.4. The number of benzene rings is 2. The van der Waals surface area contributed by atoms with Gasteiger partial charge in [0.1, 0.15) is 0 Å². The molecule has 1 amide bonds. The number of carbonyl (C=O) groups is 1. The van der Waals surface area contributed by atoms with Crippen LogP contribution in [0.2, 0.25) is 0 Å². The minimum Gasteiger partial charge on any atom is -0.384 e. The van der Waals surface area contributed by atoms with E-state index in [1.807, 2.05) is 41.3 Å². The van der Waals surface area contributed by atoms with Crippen molar-refractivity contribution in [2.24, 2.45) is 0 Å². The molecule has 28 heavy (non-hydrogen) atoms. The number of rotatable bonds is 9. The van der Waals surface area contributed by atoms with Crippen LogP contribution in [0.5, 0.6) is 0 Å². The monoisotopic (exact) mass is 400 g/mol. The highest BCUT2D eigenvalue weighted by Crippen LogP contribution is 2.32. The lowest BCUT2D eigenvalue weighted by atomic mass is 10.1. The van der Waals surface area contributed by atoms with E-state index >= 15 is 0 Å². The number of halogens is 1. The van der Waals surface area contributed by atoms with Crippen LogP contribution in [0.3, 0.4) is 0 Å². The Morgan fingerprint density at radius 2 is 1.79 bits per heavy atom. The molecule has 4 nitrogen and oxygen atoms in total. The summed E-state index contributed by atoms with van der Waals surface area (Å²) in [5, 5.41) is 3.73. The van der Waals surface area contributed by atoms with E-state index in [1.54, 1.807) is 7.11 Å². The number of carbonyl (C=O) groups excluding carboxylic acids is 1. The van der Waals surface area contributed by atoms with E-state index in [0.29, 0.717) is 13.0 Å². The van der Waals surface area contributed by atoms with Gasteiger partial charge in [-0.05, 0) is 43.5 Å². The van der Waals surface area contributed by atoms with Gasteiger partial charge in [0.25, 0.3) is 0 Å². The number of nitrogens with one attached hydrogen (secondary N) is 1. The maximum absolute atomic E-state index is 13.0. The molecule has 3 atom stereocenters. The summed E-state index contributed by atoms with van der Waals surface area (Å²) >= 11 is 6.54. The summed E-state index contributed by atoms with van der Waals surface area (Å²) in [6.07, 6.45) is 2.98. The number of amides is 1. The Balaban J connectivity index is 1.71. The minimum absolute atomic E-state index is 0.0463. The van der Waals surface area contributed by atoms with Crippen LogP contribution in [0.25, 0.3) is 0 Å². The fraction of sp³-hybridized carbons (Fsp3) is 0.435. The van der Waals surface area contributed by atoms with Crippen molar-refractivity contribution < 1.29 is 9.53 Å². The highest BCUT2D eigenvalue weighted by Gasteiger charge is 2.39. The quantitative estimate of drug-likeness (QED) is 0.646. The molecule has 3 unspecified atom stereocenters. The average Bonchev–Trinajstić information content (AvgIpc) is 3.08. The molecule has 0 radical (unpaired) electrons. The largest absolute Gasteiger partial charge is 0.384 e. The summed E-state index contributed by atoms with van der Waals surface area (Å²) in [5.41, 5.74) is 2.23. The third-order valence-corrected chi connectivity index (χ3v) is 5.65. The first kappa shape index (κ1) is 20.8. The Hall–Kier alpha value is -1.88. The van der Waals surface area contributed by atoms with Gasteiger partial charge < -0.3 is 15.0 Å². The van der Waals surface area contributed by atoms with Gasteiger partial charge in [-0.15, -0.1) is 11.6 Å². The summed E-state index contributed by atoms with van der Waals surface area (Å²) in [6, 6.07) is 20.6. The molecule has 0 heterocycles. The average molecular weight is 401 g/mol. The molecule has 1 aliphatic rings. The van der Waals surface area contributed by atoms with Crippen LogP contribution >= 0.6 is 11.6 Å². The van der Waals surface area contributed by atoms with Gasteiger partial charge >= 0.3 is 0 Å². The molecule has 1 N–H and O–H groups in total. The van der Waals surface area contributed by atoms with Gasteiger partial charge in [-0.3, -0.25) is 4.79 Å². The third kappa shape index (κ3) is 5.57. The van der Waals surface area contributed by atoms with Crippen LogP contribution in [0, 0.1) is 0 Å². The molecule has 0 aliphatic heterocycles. The van der Waals surface area contributed by atoms with Crippen molar-refractivity contribution in [1.82, 2.24) is 5.32 Å². The van der Waals surface area contributed by atoms with Gasteiger partial charge in [0.15, 0.2) is 0 Å². The van der Waals surface area contributed by atoms with Crippen molar-refractivity contribution in [3.05, 3.63) is 66.2 Å². The van der Waals surface area contributed by atoms with Gasteiger partial charge in [0.05, 0.1) is 19.1 Å². The first-order chi connectivity index (χ1) is 13.7. The Bertz CT molecular complexity index is 726. The highest BCUT2D eigenvalue weighted by molar-refractivity contribution is 6.21. The third-order valence-electron chi connectivity index (χ3n) is 5.29. The van der Waals surface area contributed by atoms with E-state index < -0.39 is 0 Å². The van der Waals surface area contributed by atoms with Crippen molar-refractivity contribution in [1.29, 1.82) is 0 Å². The molecule has 0 spiro atoms. The topological polar surface area (TPSA) is 41.6 Å². The molecule has 2 aromatic carbocycles. The Kier molecular flexibility index (Phi) is 7.90. The Labute approximate surface area is 172 Å². The molecule has 0 bridgehead atoms. The van der Waals surface area contributed by atoms with E-state index in [4.69, 9.17) is 16.3 Å². The number of hydrogen-bond acceptors (Lipinski definition) is 3. The zero-order valence-corrected chi connectivity index (χ0v) is 17.1. The van der Waals surface area contributed by atoms with Crippen LogP contribution in [0.15, 0.2) is 60.7 Å². The maximum Gasteiger partial charge on any atom is 0.229 e. The summed E-state index contributed by atoms with van der Waals surface area (Å²) in [4.78, 5) is 14.9. The van der Waals surface area contributed by atoms with E-state index in [2.05, 4.69) is 29.6 Å². The van der Waals surface area contributed by atoms with Gasteiger partial charge in [-0.2, -0.15) is 0 Å². The van der Waals surface area contributed by atoms with Crippen LogP contribution in [0.1, 0.15) is 24.8 Å². The number of nitrogens with zero attached hydrogens (tertiary/aromatic N) is 1. The SMILES string of the molecule is COCCC(=O)N(c1ccccc1)C1CC(Cl)CC1NCCc1ccccc1. The lowest BCUT2D eigenvalue weighted by molar-refractivity contribution is -0.120. The molecular formula is C23H29ClN2O2. The van der Waals surface area contributed by atoms with Gasteiger partial charge in [-0.25, -0.2) is 0 Å². The molecule has 0 aromatic heterocycles. The normalized spacial score (nSPS) is 21.6. The standard InChI is InChI=1S/C23H29ClN2O2/c1-28-15-13-23(27)26(20-10-6-3-7-11-20)22-17-19(24)16-21(22)25-14-12-18-8-4-2-5-9-18/h2-11,19,21-22,25H,12-17H2,1H3. The predicted octanol–water partition coefficient (Wildman–Crippen LogP) is 4.03. The number of para-hydroxylation sites is 1. The van der Waals surface area contributed by atoms with Gasteiger partial charge in [0.2, 0.25) is 5.91 Å².